The van der Waals surface area contributed by atoms with Crippen LogP contribution in [0.2, 0.25) is 0 Å². The van der Waals surface area contributed by atoms with Crippen LogP contribution in [0.4, 0.5) is 0 Å². The van der Waals surface area contributed by atoms with Crippen molar-refractivity contribution in [2.75, 3.05) is 0 Å². The van der Waals surface area contributed by atoms with Crippen molar-refractivity contribution in [3.63, 3.8) is 0 Å². The van der Waals surface area contributed by atoms with Gasteiger partial charge in [0.1, 0.15) is 22.0 Å². The predicted octanol–water partition coefficient (Wildman–Crippen LogP) is 1.27. The Kier molecular flexibility index (Phi) is 4.63. The molecule has 0 fully saturated rings. The minimum atomic E-state index is -0.736. The number of thiazole rings is 1. The van der Waals surface area contributed by atoms with Gasteiger partial charge in [0.2, 0.25) is 0 Å². The minimum Gasteiger partial charge on any atom is -0.508 e. The third-order valence-corrected chi connectivity index (χ3v) is 5.91. The van der Waals surface area contributed by atoms with Crippen LogP contribution < -0.4 is 20.5 Å². The third-order valence-electron chi connectivity index (χ3n) is 4.81. The first-order chi connectivity index (χ1) is 14.4. The molecule has 1 aliphatic rings. The van der Waals surface area contributed by atoms with Crippen molar-refractivity contribution >= 4 is 28.8 Å². The predicted molar refractivity (Wildman–Crippen MR) is 112 cm³/mol. The van der Waals surface area contributed by atoms with E-state index < -0.39 is 11.5 Å². The quantitative estimate of drug-likeness (QED) is 0.578. The molecule has 0 saturated heterocycles. The molecule has 0 saturated carbocycles. The molecule has 4 rings (SSSR count). The van der Waals surface area contributed by atoms with Crippen LogP contribution in [0.25, 0.3) is 17.5 Å². The molecule has 1 atom stereocenters. The van der Waals surface area contributed by atoms with Crippen LogP contribution in [-0.2, 0) is 0 Å². The smallest absolute Gasteiger partial charge is 0.274 e. The molecule has 2 aromatic carbocycles. The Morgan fingerprint density at radius 2 is 1.53 bits per heavy atom. The van der Waals surface area contributed by atoms with Gasteiger partial charge in [-0.2, -0.15) is 10.5 Å². The highest BCUT2D eigenvalue weighted by Gasteiger charge is 2.32. The third kappa shape index (κ3) is 3.02. The molecular formula is C22H14N4O3S. The van der Waals surface area contributed by atoms with E-state index in [-0.39, 0.29) is 28.5 Å². The minimum absolute atomic E-state index is 0.0174. The summed E-state index contributed by atoms with van der Waals surface area (Å²) in [4.78, 5) is 13.0. The highest BCUT2D eigenvalue weighted by atomic mass is 32.1. The Morgan fingerprint density at radius 1 is 0.967 bits per heavy atom. The lowest BCUT2D eigenvalue weighted by atomic mass is 9.84. The molecule has 0 bridgehead atoms. The molecule has 1 aliphatic heterocycles. The number of aromatic hydroxyl groups is 2. The van der Waals surface area contributed by atoms with Crippen molar-refractivity contribution in [1.29, 1.82) is 10.5 Å². The number of phenols is 2. The molecule has 0 radical (unpaired) electrons. The van der Waals surface area contributed by atoms with E-state index in [0.29, 0.717) is 20.3 Å². The fraction of sp³-hybridized carbons (Fsp3) is 0.0455. The van der Waals surface area contributed by atoms with Crippen LogP contribution >= 0.6 is 11.3 Å². The summed E-state index contributed by atoms with van der Waals surface area (Å²) in [6.45, 7) is 0. The lowest BCUT2D eigenvalue weighted by Gasteiger charge is -2.22. The number of nitriles is 2. The van der Waals surface area contributed by atoms with E-state index in [4.69, 9.17) is 5.73 Å². The maximum absolute atomic E-state index is 13.0. The first-order valence-electron chi connectivity index (χ1n) is 8.80. The monoisotopic (exact) mass is 414 g/mol. The molecule has 4 N–H and O–H groups in total. The van der Waals surface area contributed by atoms with Crippen LogP contribution in [0.15, 0.2) is 58.9 Å². The van der Waals surface area contributed by atoms with Crippen LogP contribution in [0.5, 0.6) is 11.5 Å². The number of nitrogens with two attached hydrogens (primary N) is 1. The summed E-state index contributed by atoms with van der Waals surface area (Å²) in [5.74, 6) is -0.587. The zero-order valence-electron chi connectivity index (χ0n) is 15.4. The number of allylic oxidation sites excluding steroid dienone is 1. The normalized spacial score (nSPS) is 16.1. The van der Waals surface area contributed by atoms with Gasteiger partial charge in [0, 0.05) is 0 Å². The molecule has 0 spiro atoms. The maximum atomic E-state index is 13.0. The van der Waals surface area contributed by atoms with Gasteiger partial charge in [-0.3, -0.25) is 9.36 Å². The lowest BCUT2D eigenvalue weighted by molar-refractivity contribution is 0.474. The number of phenolic OH excluding ortho intramolecular Hbond substituents is 2. The van der Waals surface area contributed by atoms with Gasteiger partial charge < -0.3 is 15.9 Å². The van der Waals surface area contributed by atoms with E-state index in [1.54, 1.807) is 30.3 Å². The van der Waals surface area contributed by atoms with Crippen LogP contribution in [0, 0.1) is 22.7 Å². The van der Waals surface area contributed by atoms with Gasteiger partial charge in [-0.1, -0.05) is 24.3 Å². The molecular weight excluding hydrogens is 400 g/mol. The van der Waals surface area contributed by atoms with Crippen molar-refractivity contribution in [3.05, 3.63) is 84.8 Å². The summed E-state index contributed by atoms with van der Waals surface area (Å²) >= 11 is 1.11. The molecule has 2 heterocycles. The Hall–Kier alpha value is -4.27. The topological polar surface area (TPSA) is 136 Å². The summed E-state index contributed by atoms with van der Waals surface area (Å²) in [5.41, 5.74) is 7.42. The summed E-state index contributed by atoms with van der Waals surface area (Å²) in [5, 5.41) is 38.6. The van der Waals surface area contributed by atoms with Crippen molar-refractivity contribution < 1.29 is 10.2 Å². The van der Waals surface area contributed by atoms with E-state index in [9.17, 15) is 25.5 Å². The number of benzene rings is 2. The molecule has 8 heteroatoms. The molecule has 30 heavy (non-hydrogen) atoms. The van der Waals surface area contributed by atoms with Crippen molar-refractivity contribution in [1.82, 2.24) is 4.57 Å². The van der Waals surface area contributed by atoms with Gasteiger partial charge in [-0.05, 0) is 41.5 Å². The van der Waals surface area contributed by atoms with E-state index >= 15 is 0 Å². The largest absolute Gasteiger partial charge is 0.508 e. The summed E-state index contributed by atoms with van der Waals surface area (Å²) in [7, 11) is 0. The molecule has 146 valence electrons. The van der Waals surface area contributed by atoms with E-state index in [2.05, 4.69) is 6.07 Å². The van der Waals surface area contributed by atoms with E-state index in [0.717, 1.165) is 11.3 Å². The standard InChI is InChI=1S/C22H14N4O3S/c23-10-16-19(13-3-7-15(28)8-4-13)17(11-24)22-26(20(16)25)21(29)18(30-22)9-12-1-5-14(27)6-2-12/h1-9,19,27-28H,25H2/b18-9-. The van der Waals surface area contributed by atoms with Crippen LogP contribution in [0.1, 0.15) is 17.0 Å². The van der Waals surface area contributed by atoms with E-state index in [1.165, 1.54) is 28.8 Å². The second kappa shape index (κ2) is 7.28. The average Bonchev–Trinajstić information content (AvgIpc) is 3.06. The fourth-order valence-electron chi connectivity index (χ4n) is 3.37. The Morgan fingerprint density at radius 3 is 2.10 bits per heavy atom. The van der Waals surface area contributed by atoms with Gasteiger partial charge in [-0.25, -0.2) is 0 Å². The molecule has 0 aliphatic carbocycles. The number of hydrogen-bond acceptors (Lipinski definition) is 7. The zero-order chi connectivity index (χ0) is 21.4. The lowest BCUT2D eigenvalue weighted by Crippen LogP contribution is -2.38. The molecule has 1 unspecified atom stereocenters. The van der Waals surface area contributed by atoms with Gasteiger partial charge in [-0.15, -0.1) is 11.3 Å². The van der Waals surface area contributed by atoms with E-state index in [1.807, 2.05) is 6.07 Å². The summed E-state index contributed by atoms with van der Waals surface area (Å²) < 4.78 is 1.91. The number of rotatable bonds is 2. The number of fused-ring (bicyclic) bond motifs is 1. The second-order valence-corrected chi connectivity index (χ2v) is 7.64. The summed E-state index contributed by atoms with van der Waals surface area (Å²) in [6.07, 6.45) is 1.64. The van der Waals surface area contributed by atoms with Gasteiger partial charge in [0.15, 0.2) is 0 Å². The number of hydrogen-bond donors (Lipinski definition) is 3. The average molecular weight is 414 g/mol. The van der Waals surface area contributed by atoms with Crippen molar-refractivity contribution in [2.24, 2.45) is 5.73 Å². The molecule has 1 aromatic heterocycles. The zero-order valence-corrected chi connectivity index (χ0v) is 16.2. The van der Waals surface area contributed by atoms with Gasteiger partial charge in [0.25, 0.3) is 5.56 Å². The molecule has 3 aromatic rings. The highest BCUT2D eigenvalue weighted by Crippen LogP contribution is 2.35. The highest BCUT2D eigenvalue weighted by molar-refractivity contribution is 7.07. The van der Waals surface area contributed by atoms with Crippen LogP contribution in [-0.4, -0.2) is 14.8 Å². The van der Waals surface area contributed by atoms with Crippen molar-refractivity contribution in [2.45, 2.75) is 5.92 Å². The number of aromatic nitrogens is 1. The first-order valence-corrected chi connectivity index (χ1v) is 9.62. The maximum Gasteiger partial charge on any atom is 0.274 e. The van der Waals surface area contributed by atoms with Gasteiger partial charge in [0.05, 0.1) is 33.7 Å². The second-order valence-electron chi connectivity index (χ2n) is 6.61. The molecule has 7 nitrogen and oxygen atoms in total. The molecule has 0 amide bonds. The van der Waals surface area contributed by atoms with Crippen LogP contribution in [0.3, 0.4) is 0 Å². The first kappa shape index (κ1) is 19.1. The Bertz CT molecular complexity index is 1450. The summed E-state index contributed by atoms with van der Waals surface area (Å²) in [6, 6.07) is 16.7. The fourth-order valence-corrected chi connectivity index (χ4v) is 4.50. The number of nitrogens with zero attached hydrogens (tertiary/aromatic N) is 3. The Labute approximate surface area is 174 Å². The van der Waals surface area contributed by atoms with Crippen molar-refractivity contribution in [3.8, 4) is 23.6 Å². The SMILES string of the molecule is N#CC1=C(N)n2c(s/c(=C\c3ccc(O)cc3)c2=O)=C(C#N)C1c1ccc(O)cc1. The van der Waals surface area contributed by atoms with Gasteiger partial charge >= 0.3 is 0 Å². The Balaban J connectivity index is 2.04.